The lowest BCUT2D eigenvalue weighted by atomic mass is 10.2. The Labute approximate surface area is 101 Å². The van der Waals surface area contributed by atoms with E-state index in [0.717, 1.165) is 5.71 Å². The number of carbonyl (C=O) groups excluding carboxylic acids is 1. The molecule has 88 valence electrons. The van der Waals surface area contributed by atoms with Gasteiger partial charge in [-0.15, -0.1) is 0 Å². The van der Waals surface area contributed by atoms with Gasteiger partial charge in [0.25, 0.3) is 5.91 Å². The highest BCUT2D eigenvalue weighted by Crippen LogP contribution is 2.23. The van der Waals surface area contributed by atoms with Crippen molar-refractivity contribution in [2.75, 3.05) is 5.01 Å². The van der Waals surface area contributed by atoms with Gasteiger partial charge < -0.3 is 0 Å². The van der Waals surface area contributed by atoms with Crippen LogP contribution in [0.5, 0.6) is 0 Å². The maximum absolute atomic E-state index is 11.6. The number of nitriles is 1. The first-order valence-electron chi connectivity index (χ1n) is 5.58. The molecule has 0 aliphatic carbocycles. The van der Waals surface area contributed by atoms with Gasteiger partial charge in [0.2, 0.25) is 0 Å². The molecule has 0 aromatic heterocycles. The first-order valence-corrected chi connectivity index (χ1v) is 5.58. The molecule has 17 heavy (non-hydrogen) atoms. The molecule has 0 fully saturated rings. The topological polar surface area (TPSA) is 56.5 Å². The fourth-order valence-electron chi connectivity index (χ4n) is 1.50. The second kappa shape index (κ2) is 5.80. The second-order valence-electron chi connectivity index (χ2n) is 3.35. The van der Waals surface area contributed by atoms with Crippen molar-refractivity contribution in [1.82, 2.24) is 0 Å². The maximum atomic E-state index is 11.6. The Balaban J connectivity index is 0.000000686. The zero-order valence-electron chi connectivity index (χ0n) is 10.3. The number of hydrogen-bond acceptors (Lipinski definition) is 3. The van der Waals surface area contributed by atoms with E-state index in [1.54, 1.807) is 31.2 Å². The summed E-state index contributed by atoms with van der Waals surface area (Å²) in [4.78, 5) is 11.6. The summed E-state index contributed by atoms with van der Waals surface area (Å²) in [7, 11) is 0. The summed E-state index contributed by atoms with van der Waals surface area (Å²) in [5, 5.41) is 14.3. The number of hydrazone groups is 1. The maximum Gasteiger partial charge on any atom is 0.253 e. The summed E-state index contributed by atoms with van der Waals surface area (Å²) >= 11 is 0. The highest BCUT2D eigenvalue weighted by molar-refractivity contribution is 6.12. The number of benzene rings is 1. The molecule has 4 heteroatoms. The van der Waals surface area contributed by atoms with Crippen LogP contribution in [0.4, 0.5) is 5.69 Å². The van der Waals surface area contributed by atoms with Crippen LogP contribution in [-0.4, -0.2) is 11.6 Å². The van der Waals surface area contributed by atoms with E-state index in [-0.39, 0.29) is 5.91 Å². The Kier molecular flexibility index (Phi) is 4.41. The molecule has 1 aromatic carbocycles. The Hall–Kier alpha value is -2.15. The van der Waals surface area contributed by atoms with E-state index in [0.29, 0.717) is 17.7 Å². The Morgan fingerprint density at radius 1 is 1.35 bits per heavy atom. The van der Waals surface area contributed by atoms with E-state index in [1.165, 1.54) is 5.01 Å². The predicted octanol–water partition coefficient (Wildman–Crippen LogP) is 2.70. The molecule has 0 bridgehead atoms. The minimum absolute atomic E-state index is 0.0878. The zero-order valence-corrected chi connectivity index (χ0v) is 10.3. The van der Waals surface area contributed by atoms with Gasteiger partial charge in [0.1, 0.15) is 6.07 Å². The van der Waals surface area contributed by atoms with E-state index >= 15 is 0 Å². The monoisotopic (exact) mass is 229 g/mol. The molecule has 0 saturated carbocycles. The van der Waals surface area contributed by atoms with Crippen molar-refractivity contribution in [2.24, 2.45) is 5.10 Å². The molecule has 0 atom stereocenters. The SMILES string of the molecule is CC.CC1=NN(c2ccccc2C#N)C(=O)C1. The highest BCUT2D eigenvalue weighted by Gasteiger charge is 2.24. The number of amides is 1. The summed E-state index contributed by atoms with van der Waals surface area (Å²) in [5.74, 6) is -0.0878. The Morgan fingerprint density at radius 2 is 2.00 bits per heavy atom. The van der Waals surface area contributed by atoms with Gasteiger partial charge >= 0.3 is 0 Å². The lowest BCUT2D eigenvalue weighted by Gasteiger charge is -2.12. The average Bonchev–Trinajstić information content (AvgIpc) is 2.71. The summed E-state index contributed by atoms with van der Waals surface area (Å²) in [5.41, 5.74) is 1.79. The van der Waals surface area contributed by atoms with Gasteiger partial charge in [0.15, 0.2) is 0 Å². The fraction of sp³-hybridized carbons (Fsp3) is 0.308. The third-order valence-electron chi connectivity index (χ3n) is 2.17. The standard InChI is InChI=1S/C11H9N3O.C2H6/c1-8-6-11(15)14(13-8)10-5-3-2-4-9(10)7-12;1-2/h2-5H,6H2,1H3;1-2H3. The molecule has 1 aliphatic rings. The molecule has 2 rings (SSSR count). The fourth-order valence-corrected chi connectivity index (χ4v) is 1.50. The van der Waals surface area contributed by atoms with Crippen LogP contribution in [0, 0.1) is 11.3 Å². The lowest BCUT2D eigenvalue weighted by molar-refractivity contribution is -0.116. The normalized spacial score (nSPS) is 13.6. The number of carbonyl (C=O) groups is 1. The van der Waals surface area contributed by atoms with Gasteiger partial charge in [-0.3, -0.25) is 4.79 Å². The third-order valence-corrected chi connectivity index (χ3v) is 2.17. The molecule has 0 radical (unpaired) electrons. The van der Waals surface area contributed by atoms with Crippen molar-refractivity contribution in [2.45, 2.75) is 27.2 Å². The van der Waals surface area contributed by atoms with Crippen molar-refractivity contribution in [3.63, 3.8) is 0 Å². The number of anilines is 1. The minimum Gasteiger partial charge on any atom is -0.272 e. The van der Waals surface area contributed by atoms with Crippen LogP contribution in [0.15, 0.2) is 29.4 Å². The summed E-state index contributed by atoms with van der Waals surface area (Å²) in [6.45, 7) is 5.80. The van der Waals surface area contributed by atoms with E-state index in [4.69, 9.17) is 5.26 Å². The molecule has 0 spiro atoms. The van der Waals surface area contributed by atoms with Gasteiger partial charge in [0, 0.05) is 5.71 Å². The second-order valence-corrected chi connectivity index (χ2v) is 3.35. The van der Waals surface area contributed by atoms with Crippen LogP contribution in [-0.2, 0) is 4.79 Å². The van der Waals surface area contributed by atoms with Gasteiger partial charge in [-0.1, -0.05) is 26.0 Å². The molecular formula is C13H15N3O. The molecule has 1 aromatic rings. The molecular weight excluding hydrogens is 214 g/mol. The van der Waals surface area contributed by atoms with Gasteiger partial charge in [-0.05, 0) is 19.1 Å². The first kappa shape index (κ1) is 12.9. The number of nitrogens with zero attached hydrogens (tertiary/aromatic N) is 3. The van der Waals surface area contributed by atoms with Crippen LogP contribution in [0.3, 0.4) is 0 Å². The summed E-state index contributed by atoms with van der Waals surface area (Å²) < 4.78 is 0. The van der Waals surface area contributed by atoms with Crippen molar-refractivity contribution in [3.8, 4) is 6.07 Å². The Bertz CT molecular complexity index is 486. The number of rotatable bonds is 1. The lowest BCUT2D eigenvalue weighted by Crippen LogP contribution is -2.20. The number of hydrogen-bond donors (Lipinski definition) is 0. The minimum atomic E-state index is -0.0878. The molecule has 4 nitrogen and oxygen atoms in total. The van der Waals surface area contributed by atoms with Crippen LogP contribution < -0.4 is 5.01 Å². The Morgan fingerprint density at radius 3 is 2.53 bits per heavy atom. The van der Waals surface area contributed by atoms with Crippen LogP contribution in [0.1, 0.15) is 32.8 Å². The third kappa shape index (κ3) is 2.70. The average molecular weight is 229 g/mol. The van der Waals surface area contributed by atoms with E-state index in [2.05, 4.69) is 5.10 Å². The van der Waals surface area contributed by atoms with Crippen LogP contribution in [0.2, 0.25) is 0 Å². The van der Waals surface area contributed by atoms with Crippen molar-refractivity contribution >= 4 is 17.3 Å². The van der Waals surface area contributed by atoms with Crippen LogP contribution in [0.25, 0.3) is 0 Å². The van der Waals surface area contributed by atoms with E-state index in [9.17, 15) is 4.79 Å². The molecule has 0 saturated heterocycles. The quantitative estimate of drug-likeness (QED) is 0.743. The van der Waals surface area contributed by atoms with Crippen molar-refractivity contribution in [1.29, 1.82) is 5.26 Å². The van der Waals surface area contributed by atoms with Crippen molar-refractivity contribution < 1.29 is 4.79 Å². The smallest absolute Gasteiger partial charge is 0.253 e. The highest BCUT2D eigenvalue weighted by atomic mass is 16.2. The largest absolute Gasteiger partial charge is 0.272 e. The van der Waals surface area contributed by atoms with Gasteiger partial charge in [0.05, 0.1) is 17.7 Å². The molecule has 1 heterocycles. The van der Waals surface area contributed by atoms with Crippen molar-refractivity contribution in [3.05, 3.63) is 29.8 Å². The molecule has 0 unspecified atom stereocenters. The van der Waals surface area contributed by atoms with E-state index in [1.807, 2.05) is 19.9 Å². The first-order chi connectivity index (χ1) is 8.22. The van der Waals surface area contributed by atoms with Gasteiger partial charge in [-0.2, -0.15) is 15.4 Å². The summed E-state index contributed by atoms with van der Waals surface area (Å²) in [6, 6.07) is 8.99. The van der Waals surface area contributed by atoms with Gasteiger partial charge in [-0.25, -0.2) is 0 Å². The number of para-hydroxylation sites is 1. The van der Waals surface area contributed by atoms with Crippen LogP contribution >= 0.6 is 0 Å². The molecule has 0 N–H and O–H groups in total. The summed E-state index contributed by atoms with van der Waals surface area (Å²) in [6.07, 6.45) is 0.333. The van der Waals surface area contributed by atoms with E-state index < -0.39 is 0 Å². The predicted molar refractivity (Wildman–Crippen MR) is 67.7 cm³/mol. The molecule has 1 amide bonds. The zero-order chi connectivity index (χ0) is 12.8. The molecule has 1 aliphatic heterocycles.